The molecule has 1 aliphatic carbocycles. The summed E-state index contributed by atoms with van der Waals surface area (Å²) in [5.74, 6) is -2.46. The van der Waals surface area contributed by atoms with E-state index in [1.54, 1.807) is 0 Å². The molecule has 178 valence electrons. The molecule has 3 aromatic carbocycles. The number of hydrogen-bond acceptors (Lipinski definition) is 6. The van der Waals surface area contributed by atoms with Gasteiger partial charge in [-0.05, 0) is 48.9 Å². The molecule has 3 aromatic rings. The second kappa shape index (κ2) is 9.71. The maximum Gasteiger partial charge on any atom is 0.341 e. The van der Waals surface area contributed by atoms with Crippen LogP contribution in [-0.2, 0) is 20.9 Å². The van der Waals surface area contributed by atoms with Gasteiger partial charge in [-0.1, -0.05) is 42.5 Å². The number of benzene rings is 3. The highest BCUT2D eigenvalue weighted by Crippen LogP contribution is 2.39. The minimum atomic E-state index is -0.785. The number of phenols is 1. The van der Waals surface area contributed by atoms with Crippen LogP contribution < -0.4 is 4.74 Å². The minimum Gasteiger partial charge on any atom is -0.507 e. The van der Waals surface area contributed by atoms with E-state index < -0.39 is 23.0 Å². The van der Waals surface area contributed by atoms with Crippen LogP contribution in [-0.4, -0.2) is 30.3 Å². The molecule has 6 nitrogen and oxygen atoms in total. The molecule has 0 atom stereocenters. The first-order chi connectivity index (χ1) is 16.3. The molecule has 1 fully saturated rings. The van der Waals surface area contributed by atoms with Crippen molar-refractivity contribution in [3.8, 4) is 11.5 Å². The molecule has 0 aromatic heterocycles. The van der Waals surface area contributed by atoms with E-state index in [0.29, 0.717) is 25.7 Å². The summed E-state index contributed by atoms with van der Waals surface area (Å²) in [6.07, 6.45) is 1.76. The third-order valence-corrected chi connectivity index (χ3v) is 6.52. The molecule has 4 rings (SSSR count). The number of halogens is 1. The molecule has 0 amide bonds. The first kappa shape index (κ1) is 23.5. The second-order valence-corrected chi connectivity index (χ2v) is 8.88. The van der Waals surface area contributed by atoms with Crippen molar-refractivity contribution in [2.75, 3.05) is 7.11 Å². The SMILES string of the molecule is COC(=O)c1cc(OC2CCC(C)(C(=O)OCc3cccc4ccccc34)CC2)c(F)cc1O. The molecule has 0 unspecified atom stereocenters. The molecule has 0 saturated heterocycles. The van der Waals surface area contributed by atoms with Gasteiger partial charge in [0.25, 0.3) is 0 Å². The van der Waals surface area contributed by atoms with E-state index in [1.807, 2.05) is 49.4 Å². The van der Waals surface area contributed by atoms with Gasteiger partial charge in [0.15, 0.2) is 11.6 Å². The molecule has 0 radical (unpaired) electrons. The molecule has 34 heavy (non-hydrogen) atoms. The Labute approximate surface area is 197 Å². The van der Waals surface area contributed by atoms with E-state index in [0.717, 1.165) is 28.5 Å². The molecule has 0 bridgehead atoms. The van der Waals surface area contributed by atoms with Gasteiger partial charge in [0.05, 0.1) is 18.6 Å². The third kappa shape index (κ3) is 4.83. The lowest BCUT2D eigenvalue weighted by Gasteiger charge is -2.35. The van der Waals surface area contributed by atoms with Crippen LogP contribution in [0.5, 0.6) is 11.5 Å². The minimum absolute atomic E-state index is 0.134. The largest absolute Gasteiger partial charge is 0.507 e. The second-order valence-electron chi connectivity index (χ2n) is 8.88. The summed E-state index contributed by atoms with van der Waals surface area (Å²) in [6, 6.07) is 15.9. The summed E-state index contributed by atoms with van der Waals surface area (Å²) >= 11 is 0. The predicted molar refractivity (Wildman–Crippen MR) is 124 cm³/mol. The Morgan fingerprint density at radius 3 is 2.53 bits per heavy atom. The van der Waals surface area contributed by atoms with Gasteiger partial charge in [-0.3, -0.25) is 4.79 Å². The van der Waals surface area contributed by atoms with Gasteiger partial charge in [-0.2, -0.15) is 0 Å². The fraction of sp³-hybridized carbons (Fsp3) is 0.333. The highest BCUT2D eigenvalue weighted by molar-refractivity contribution is 5.92. The maximum atomic E-state index is 14.3. The predicted octanol–water partition coefficient (Wildman–Crippen LogP) is 5.54. The molecule has 1 N–H and O–H groups in total. The highest BCUT2D eigenvalue weighted by atomic mass is 19.1. The summed E-state index contributed by atoms with van der Waals surface area (Å²) < 4.78 is 30.4. The standard InChI is InChI=1S/C27H27FO6/c1-27(26(31)33-16-18-8-5-7-17-6-3-4-9-20(17)18)12-10-19(11-13-27)34-24-14-21(25(30)32-2)23(29)15-22(24)28/h3-9,14-15,19,29H,10-13,16H2,1-2H3. The van der Waals surface area contributed by atoms with E-state index in [-0.39, 0.29) is 30.0 Å². The van der Waals surface area contributed by atoms with E-state index in [1.165, 1.54) is 7.11 Å². The van der Waals surface area contributed by atoms with Crippen LogP contribution in [0.4, 0.5) is 4.39 Å². The number of esters is 2. The molecular weight excluding hydrogens is 439 g/mol. The zero-order valence-corrected chi connectivity index (χ0v) is 19.2. The normalized spacial score (nSPS) is 20.0. The lowest BCUT2D eigenvalue weighted by Crippen LogP contribution is -2.37. The number of phenolic OH excluding ortho intramolecular Hbond substituents is 1. The average molecular weight is 467 g/mol. The Morgan fingerprint density at radius 2 is 1.79 bits per heavy atom. The monoisotopic (exact) mass is 466 g/mol. The number of carbonyl (C=O) groups excluding carboxylic acids is 2. The topological polar surface area (TPSA) is 82.1 Å². The number of aromatic hydroxyl groups is 1. The number of hydrogen-bond donors (Lipinski definition) is 1. The van der Waals surface area contributed by atoms with Crippen LogP contribution in [0.15, 0.2) is 54.6 Å². The van der Waals surface area contributed by atoms with Crippen LogP contribution in [0.25, 0.3) is 10.8 Å². The fourth-order valence-corrected chi connectivity index (χ4v) is 4.37. The van der Waals surface area contributed by atoms with Crippen molar-refractivity contribution in [1.29, 1.82) is 0 Å². The summed E-state index contributed by atoms with van der Waals surface area (Å²) in [6.45, 7) is 2.08. The summed E-state index contributed by atoms with van der Waals surface area (Å²) in [7, 11) is 1.17. The zero-order valence-electron chi connectivity index (χ0n) is 19.2. The van der Waals surface area contributed by atoms with Gasteiger partial charge in [0.2, 0.25) is 0 Å². The smallest absolute Gasteiger partial charge is 0.341 e. The zero-order chi connectivity index (χ0) is 24.3. The summed E-state index contributed by atoms with van der Waals surface area (Å²) in [5.41, 5.74) is 0.127. The number of rotatable bonds is 6. The van der Waals surface area contributed by atoms with Gasteiger partial charge in [-0.15, -0.1) is 0 Å². The van der Waals surface area contributed by atoms with Crippen molar-refractivity contribution < 1.29 is 33.3 Å². The first-order valence-corrected chi connectivity index (χ1v) is 11.2. The van der Waals surface area contributed by atoms with Crippen LogP contribution in [0.2, 0.25) is 0 Å². The van der Waals surface area contributed by atoms with Gasteiger partial charge >= 0.3 is 11.9 Å². The average Bonchev–Trinajstić information content (AvgIpc) is 2.85. The maximum absolute atomic E-state index is 14.3. The first-order valence-electron chi connectivity index (χ1n) is 11.2. The Morgan fingerprint density at radius 1 is 1.09 bits per heavy atom. The van der Waals surface area contributed by atoms with Crippen LogP contribution in [0, 0.1) is 11.2 Å². The van der Waals surface area contributed by atoms with Gasteiger partial charge in [-0.25, -0.2) is 9.18 Å². The Balaban J connectivity index is 1.37. The van der Waals surface area contributed by atoms with Crippen molar-refractivity contribution in [3.63, 3.8) is 0 Å². The number of fused-ring (bicyclic) bond motifs is 1. The van der Waals surface area contributed by atoms with Crippen molar-refractivity contribution in [2.24, 2.45) is 5.41 Å². The third-order valence-electron chi connectivity index (χ3n) is 6.52. The number of methoxy groups -OCH3 is 1. The summed E-state index contributed by atoms with van der Waals surface area (Å²) in [5, 5.41) is 11.9. The number of ether oxygens (including phenoxy) is 3. The van der Waals surface area contributed by atoms with Crippen LogP contribution in [0.1, 0.15) is 48.5 Å². The Bertz CT molecular complexity index is 1210. The van der Waals surface area contributed by atoms with E-state index in [2.05, 4.69) is 4.74 Å². The van der Waals surface area contributed by atoms with Crippen molar-refractivity contribution in [3.05, 3.63) is 71.5 Å². The lowest BCUT2D eigenvalue weighted by atomic mass is 9.74. The molecule has 0 heterocycles. The van der Waals surface area contributed by atoms with Gasteiger partial charge in [0, 0.05) is 12.1 Å². The van der Waals surface area contributed by atoms with E-state index in [4.69, 9.17) is 9.47 Å². The van der Waals surface area contributed by atoms with Gasteiger partial charge < -0.3 is 19.3 Å². The quantitative estimate of drug-likeness (QED) is 0.480. The molecule has 7 heteroatoms. The molecule has 1 aliphatic rings. The van der Waals surface area contributed by atoms with E-state index >= 15 is 0 Å². The fourth-order valence-electron chi connectivity index (χ4n) is 4.37. The Kier molecular flexibility index (Phi) is 6.72. The molecule has 1 saturated carbocycles. The van der Waals surface area contributed by atoms with Crippen molar-refractivity contribution in [1.82, 2.24) is 0 Å². The van der Waals surface area contributed by atoms with Crippen molar-refractivity contribution in [2.45, 2.75) is 45.3 Å². The van der Waals surface area contributed by atoms with E-state index in [9.17, 15) is 19.1 Å². The molecular formula is C27H27FO6. The van der Waals surface area contributed by atoms with Crippen molar-refractivity contribution >= 4 is 22.7 Å². The van der Waals surface area contributed by atoms with Crippen LogP contribution in [0.3, 0.4) is 0 Å². The molecule has 0 aliphatic heterocycles. The summed E-state index contributed by atoms with van der Waals surface area (Å²) in [4.78, 5) is 24.7. The molecule has 0 spiro atoms. The highest BCUT2D eigenvalue weighted by Gasteiger charge is 2.40. The van der Waals surface area contributed by atoms with Crippen LogP contribution >= 0.6 is 0 Å². The lowest BCUT2D eigenvalue weighted by molar-refractivity contribution is -0.159. The van der Waals surface area contributed by atoms with Gasteiger partial charge in [0.1, 0.15) is 17.9 Å². The Hall–Kier alpha value is -3.61. The number of carbonyl (C=O) groups is 2.